The summed E-state index contributed by atoms with van der Waals surface area (Å²) in [6, 6.07) is 8.43. The van der Waals surface area contributed by atoms with Gasteiger partial charge in [-0.1, -0.05) is 12.1 Å². The van der Waals surface area contributed by atoms with Crippen LogP contribution in [0.2, 0.25) is 0 Å². The Labute approximate surface area is 104 Å². The van der Waals surface area contributed by atoms with Crippen LogP contribution < -0.4 is 4.74 Å². The summed E-state index contributed by atoms with van der Waals surface area (Å²) in [6.45, 7) is 6.14. The average molecular weight is 232 g/mol. The third-order valence-electron chi connectivity index (χ3n) is 2.66. The highest BCUT2D eigenvalue weighted by Gasteiger charge is 2.02. The monoisotopic (exact) mass is 232 g/mol. The molecule has 0 amide bonds. The van der Waals surface area contributed by atoms with E-state index in [1.165, 1.54) is 11.1 Å². The lowest BCUT2D eigenvalue weighted by Gasteiger charge is -2.13. The van der Waals surface area contributed by atoms with Gasteiger partial charge in [0, 0.05) is 6.54 Å². The molecule has 92 valence electrons. The van der Waals surface area contributed by atoms with Crippen molar-refractivity contribution in [3.63, 3.8) is 0 Å². The zero-order valence-corrected chi connectivity index (χ0v) is 10.9. The summed E-state index contributed by atoms with van der Waals surface area (Å²) in [5, 5.41) is 8.57. The van der Waals surface area contributed by atoms with Crippen LogP contribution in [0, 0.1) is 18.3 Å². The molecule has 0 aliphatic heterocycles. The first-order valence-electron chi connectivity index (χ1n) is 5.95. The van der Waals surface area contributed by atoms with Crippen molar-refractivity contribution in [2.45, 2.75) is 20.3 Å². The molecule has 0 N–H and O–H groups in total. The Hall–Kier alpha value is -1.53. The second-order valence-corrected chi connectivity index (χ2v) is 4.18. The van der Waals surface area contributed by atoms with Crippen LogP contribution >= 0.6 is 0 Å². The number of hydrogen-bond donors (Lipinski definition) is 0. The molecule has 0 aromatic heterocycles. The van der Waals surface area contributed by atoms with E-state index in [9.17, 15) is 0 Å². The largest absolute Gasteiger partial charge is 0.494 e. The Morgan fingerprint density at radius 2 is 2.18 bits per heavy atom. The van der Waals surface area contributed by atoms with E-state index < -0.39 is 0 Å². The lowest BCUT2D eigenvalue weighted by atomic mass is 10.1. The fraction of sp³-hybridized carbons (Fsp3) is 0.500. The molecule has 0 saturated carbocycles. The maximum atomic E-state index is 8.57. The summed E-state index contributed by atoms with van der Waals surface area (Å²) < 4.78 is 5.50. The van der Waals surface area contributed by atoms with Crippen LogP contribution in [0.15, 0.2) is 18.2 Å². The zero-order chi connectivity index (χ0) is 12.7. The van der Waals surface area contributed by atoms with Crippen molar-refractivity contribution in [3.8, 4) is 11.8 Å². The molecule has 1 rings (SSSR count). The molecular weight excluding hydrogens is 212 g/mol. The topological polar surface area (TPSA) is 36.3 Å². The first-order chi connectivity index (χ1) is 8.17. The van der Waals surface area contributed by atoms with E-state index in [-0.39, 0.29) is 0 Å². The lowest BCUT2D eigenvalue weighted by molar-refractivity contribution is 0.337. The van der Waals surface area contributed by atoms with E-state index in [2.05, 4.69) is 25.1 Å². The molecule has 0 spiro atoms. The number of likely N-dealkylation sites (N-methyl/N-ethyl adjacent to an activating group) is 1. The third-order valence-corrected chi connectivity index (χ3v) is 2.66. The van der Waals surface area contributed by atoms with Crippen molar-refractivity contribution < 1.29 is 4.74 Å². The Morgan fingerprint density at radius 1 is 1.41 bits per heavy atom. The van der Waals surface area contributed by atoms with Crippen molar-refractivity contribution >= 4 is 0 Å². The summed E-state index contributed by atoms with van der Waals surface area (Å²) in [5.41, 5.74) is 2.46. The van der Waals surface area contributed by atoms with E-state index >= 15 is 0 Å². The predicted octanol–water partition coefficient (Wildman–Crippen LogP) is 2.39. The van der Waals surface area contributed by atoms with Gasteiger partial charge >= 0.3 is 0 Å². The van der Waals surface area contributed by atoms with Crippen molar-refractivity contribution in [1.82, 2.24) is 4.90 Å². The smallest absolute Gasteiger partial charge is 0.122 e. The van der Waals surface area contributed by atoms with Gasteiger partial charge in [0.25, 0.3) is 0 Å². The van der Waals surface area contributed by atoms with Gasteiger partial charge in [0.2, 0.25) is 0 Å². The van der Waals surface area contributed by atoms with E-state index in [0.29, 0.717) is 13.2 Å². The van der Waals surface area contributed by atoms with Crippen molar-refractivity contribution in [2.75, 3.05) is 26.7 Å². The Kier molecular flexibility index (Phi) is 5.51. The number of benzene rings is 1. The first-order valence-corrected chi connectivity index (χ1v) is 5.95. The normalized spacial score (nSPS) is 10.3. The molecule has 0 fully saturated rings. The fourth-order valence-corrected chi connectivity index (χ4v) is 1.70. The molecule has 0 atom stereocenters. The fourth-order valence-electron chi connectivity index (χ4n) is 1.70. The van der Waals surface area contributed by atoms with Crippen molar-refractivity contribution in [1.29, 1.82) is 5.26 Å². The number of aryl methyl sites for hydroxylation is 1. The van der Waals surface area contributed by atoms with Gasteiger partial charge in [-0.05, 0) is 44.5 Å². The number of nitriles is 1. The van der Waals surface area contributed by atoms with Gasteiger partial charge in [-0.15, -0.1) is 0 Å². The van der Waals surface area contributed by atoms with E-state index in [1.54, 1.807) is 0 Å². The molecule has 3 heteroatoms. The number of hydrogen-bond acceptors (Lipinski definition) is 3. The molecular formula is C14H20N2O. The lowest BCUT2D eigenvalue weighted by Crippen LogP contribution is -2.21. The van der Waals surface area contributed by atoms with Crippen LogP contribution in [0.5, 0.6) is 5.75 Å². The van der Waals surface area contributed by atoms with Crippen molar-refractivity contribution in [2.24, 2.45) is 0 Å². The van der Waals surface area contributed by atoms with Crippen LogP contribution in [-0.4, -0.2) is 31.6 Å². The predicted molar refractivity (Wildman–Crippen MR) is 69.2 cm³/mol. The summed E-state index contributed by atoms with van der Waals surface area (Å²) in [6.07, 6.45) is 0.964. The van der Waals surface area contributed by atoms with E-state index in [4.69, 9.17) is 10.00 Å². The van der Waals surface area contributed by atoms with Gasteiger partial charge in [-0.3, -0.25) is 4.90 Å². The van der Waals surface area contributed by atoms with Gasteiger partial charge in [0.15, 0.2) is 0 Å². The minimum atomic E-state index is 0.482. The number of rotatable bonds is 6. The first kappa shape index (κ1) is 13.5. The van der Waals surface area contributed by atoms with Crippen molar-refractivity contribution in [3.05, 3.63) is 29.3 Å². The van der Waals surface area contributed by atoms with Crippen LogP contribution in [0.1, 0.15) is 18.1 Å². The quantitative estimate of drug-likeness (QED) is 0.707. The highest BCUT2D eigenvalue weighted by molar-refractivity contribution is 5.36. The second-order valence-electron chi connectivity index (χ2n) is 4.18. The molecule has 3 nitrogen and oxygen atoms in total. The molecule has 0 bridgehead atoms. The van der Waals surface area contributed by atoms with Crippen LogP contribution in [0.25, 0.3) is 0 Å². The van der Waals surface area contributed by atoms with Gasteiger partial charge in [-0.2, -0.15) is 5.26 Å². The van der Waals surface area contributed by atoms with Gasteiger partial charge < -0.3 is 4.74 Å². The summed E-state index contributed by atoms with van der Waals surface area (Å²) in [4.78, 5) is 2.02. The molecule has 0 saturated heterocycles. The molecule has 0 aliphatic carbocycles. The Balaban J connectivity index is 2.56. The second kappa shape index (κ2) is 6.93. The molecule has 0 heterocycles. The maximum Gasteiger partial charge on any atom is 0.122 e. The van der Waals surface area contributed by atoms with Crippen LogP contribution in [-0.2, 0) is 6.42 Å². The average Bonchev–Trinajstić information content (AvgIpc) is 2.30. The van der Waals surface area contributed by atoms with Gasteiger partial charge in [-0.25, -0.2) is 0 Å². The number of ether oxygens (including phenoxy) is 1. The van der Waals surface area contributed by atoms with Gasteiger partial charge in [0.05, 0.1) is 19.2 Å². The number of nitrogens with zero attached hydrogens (tertiary/aromatic N) is 2. The molecule has 1 aromatic rings. The molecule has 1 aromatic carbocycles. The van der Waals surface area contributed by atoms with Crippen LogP contribution in [0.3, 0.4) is 0 Å². The third kappa shape index (κ3) is 4.46. The summed E-state index contributed by atoms with van der Waals surface area (Å²) in [7, 11) is 1.96. The summed E-state index contributed by atoms with van der Waals surface area (Å²) in [5.74, 6) is 0.960. The maximum absolute atomic E-state index is 8.57. The minimum absolute atomic E-state index is 0.482. The van der Waals surface area contributed by atoms with Gasteiger partial charge in [0.1, 0.15) is 5.75 Å². The SMILES string of the molecule is CCOc1ccc(CCN(C)CC#N)cc1C. The standard InChI is InChI=1S/C14H20N2O/c1-4-17-14-6-5-13(11-12(14)2)7-9-16(3)10-8-15/h5-6,11H,4,7,9-10H2,1-3H3. The molecule has 0 radical (unpaired) electrons. The summed E-state index contributed by atoms with van der Waals surface area (Å²) >= 11 is 0. The zero-order valence-electron chi connectivity index (χ0n) is 10.9. The highest BCUT2D eigenvalue weighted by atomic mass is 16.5. The van der Waals surface area contributed by atoms with E-state index in [1.807, 2.05) is 24.9 Å². The van der Waals surface area contributed by atoms with Crippen LogP contribution in [0.4, 0.5) is 0 Å². The Bertz CT molecular complexity index is 396. The molecule has 0 unspecified atom stereocenters. The van der Waals surface area contributed by atoms with E-state index in [0.717, 1.165) is 18.7 Å². The minimum Gasteiger partial charge on any atom is -0.494 e. The Morgan fingerprint density at radius 3 is 2.76 bits per heavy atom. The highest BCUT2D eigenvalue weighted by Crippen LogP contribution is 2.19. The molecule has 0 aliphatic rings. The molecule has 17 heavy (non-hydrogen) atoms.